The zero-order valence-corrected chi connectivity index (χ0v) is 51.5. The second-order valence-corrected chi connectivity index (χ2v) is 21.6. The van der Waals surface area contributed by atoms with Gasteiger partial charge in [0.05, 0.1) is 78.7 Å². The van der Waals surface area contributed by atoms with E-state index in [9.17, 15) is 14.7 Å². The number of esters is 2. The average Bonchev–Trinajstić information content (AvgIpc) is 1.20. The van der Waals surface area contributed by atoms with Gasteiger partial charge >= 0.3 is 11.9 Å². The molecule has 480 valence electrons. The summed E-state index contributed by atoms with van der Waals surface area (Å²) < 4.78 is 97.4. The monoisotopic (exact) mass is 1250 g/mol. The van der Waals surface area contributed by atoms with Crippen molar-refractivity contribution in [1.29, 1.82) is 0 Å². The fraction of sp³-hybridized carbons (Fsp3) is 0.297. The summed E-state index contributed by atoms with van der Waals surface area (Å²) in [5.41, 5.74) is 5.47. The molecule has 1 N–H and O–H groups in total. The second-order valence-electron chi connectivity index (χ2n) is 21.6. The molecule has 10 rings (SSSR count). The number of aliphatic hydroxyl groups excluding tert-OH is 1. The highest BCUT2D eigenvalue weighted by Crippen LogP contribution is 2.43. The minimum atomic E-state index is -1.29. The van der Waals surface area contributed by atoms with Crippen molar-refractivity contribution in [2.45, 2.75) is 101 Å². The van der Waals surface area contributed by atoms with E-state index in [4.69, 9.17) is 71.1 Å². The highest BCUT2D eigenvalue weighted by Gasteiger charge is 2.52. The van der Waals surface area contributed by atoms with Gasteiger partial charge < -0.3 is 76.2 Å². The lowest BCUT2D eigenvalue weighted by atomic mass is 9.97. The molecule has 2 fully saturated rings. The Morgan fingerprint density at radius 2 is 0.750 bits per heavy atom. The zero-order valence-electron chi connectivity index (χ0n) is 51.5. The average molecular weight is 1250 g/mol. The third kappa shape index (κ3) is 17.8. The van der Waals surface area contributed by atoms with Crippen LogP contribution in [0.25, 0.3) is 0 Å². The predicted octanol–water partition coefficient (Wildman–Crippen LogP) is 11.6. The molecule has 2 aliphatic heterocycles. The number of hydrogen-bond donors (Lipinski definition) is 1. The van der Waals surface area contributed by atoms with E-state index in [0.717, 1.165) is 33.4 Å². The van der Waals surface area contributed by atoms with Crippen LogP contribution in [0, 0.1) is 0 Å². The Kier molecular flexibility index (Phi) is 24.4. The number of ether oxygens (including phenoxy) is 15. The summed E-state index contributed by atoms with van der Waals surface area (Å²) >= 11 is 0. The van der Waals surface area contributed by atoms with Crippen molar-refractivity contribution >= 4 is 11.9 Å². The van der Waals surface area contributed by atoms with E-state index >= 15 is 0 Å². The summed E-state index contributed by atoms with van der Waals surface area (Å²) in [5, 5.41) is 11.1. The Morgan fingerprint density at radius 3 is 1.14 bits per heavy atom. The molecule has 2 heterocycles. The molecule has 92 heavy (non-hydrogen) atoms. The van der Waals surface area contributed by atoms with Gasteiger partial charge in [-0.1, -0.05) is 195 Å². The lowest BCUT2D eigenvalue weighted by molar-refractivity contribution is -0.308. The number of aliphatic hydroxyl groups is 1. The fourth-order valence-corrected chi connectivity index (χ4v) is 10.7. The normalized spacial score (nSPS) is 21.1. The topological polar surface area (TPSA) is 193 Å². The SMILES string of the molecule is C=CCOC(=O)c1ccc(O[C@@H]2O[C@H](COC(=O)c3cc(OC)c(O[C@@H]4O[C@H](CO)[C@@H](OCc5ccccc5)[C@@H](OCc5ccccc5)[C@H]4OCc4ccccc4)c(OC)c3)[C@@H](OCc3ccccc3)[C@H](OCc3ccccc3)[C@H]2OCc2ccccc2)c(OC)c1. The van der Waals surface area contributed by atoms with Gasteiger partial charge in [0.2, 0.25) is 18.3 Å². The number of carbonyl (C=O) groups is 2. The van der Waals surface area contributed by atoms with Gasteiger partial charge in [-0.25, -0.2) is 9.59 Å². The molecule has 0 saturated carbocycles. The smallest absolute Gasteiger partial charge is 0.338 e. The van der Waals surface area contributed by atoms with Gasteiger partial charge in [0.25, 0.3) is 0 Å². The lowest BCUT2D eigenvalue weighted by Crippen LogP contribution is -2.62. The van der Waals surface area contributed by atoms with Crippen molar-refractivity contribution in [1.82, 2.24) is 0 Å². The van der Waals surface area contributed by atoms with Crippen LogP contribution >= 0.6 is 0 Å². The molecule has 8 aromatic rings. The molecule has 0 aliphatic carbocycles. The molecule has 0 bridgehead atoms. The van der Waals surface area contributed by atoms with Crippen LogP contribution in [0.2, 0.25) is 0 Å². The van der Waals surface area contributed by atoms with E-state index < -0.39 is 86.6 Å². The Morgan fingerprint density at radius 1 is 0.402 bits per heavy atom. The molecule has 8 aromatic carbocycles. The van der Waals surface area contributed by atoms with Crippen molar-refractivity contribution in [2.75, 3.05) is 41.2 Å². The van der Waals surface area contributed by atoms with E-state index in [1.165, 1.54) is 45.6 Å². The van der Waals surface area contributed by atoms with Crippen LogP contribution in [-0.4, -0.2) is 120 Å². The second kappa shape index (κ2) is 33.9. The van der Waals surface area contributed by atoms with Gasteiger partial charge in [0.1, 0.15) is 62.0 Å². The highest BCUT2D eigenvalue weighted by molar-refractivity contribution is 5.91. The molecule has 0 spiro atoms. The first-order chi connectivity index (χ1) is 45.2. The van der Waals surface area contributed by atoms with Crippen LogP contribution < -0.4 is 23.7 Å². The van der Waals surface area contributed by atoms with Crippen LogP contribution in [0.4, 0.5) is 0 Å². The van der Waals surface area contributed by atoms with Crippen LogP contribution in [0.15, 0.2) is 225 Å². The number of benzene rings is 8. The molecule has 18 heteroatoms. The Labute approximate surface area is 535 Å². The third-order valence-corrected chi connectivity index (χ3v) is 15.4. The van der Waals surface area contributed by atoms with E-state index in [-0.39, 0.29) is 86.1 Å². The molecule has 0 radical (unpaired) electrons. The summed E-state index contributed by atoms with van der Waals surface area (Å²) in [7, 11) is 4.29. The highest BCUT2D eigenvalue weighted by atomic mass is 16.7. The van der Waals surface area contributed by atoms with Gasteiger partial charge in [0.15, 0.2) is 23.0 Å². The van der Waals surface area contributed by atoms with Crippen molar-refractivity contribution < 1.29 is 85.7 Å². The van der Waals surface area contributed by atoms with Crippen LogP contribution in [-0.2, 0) is 87.0 Å². The fourth-order valence-electron chi connectivity index (χ4n) is 10.7. The quantitative estimate of drug-likeness (QED) is 0.0309. The van der Waals surface area contributed by atoms with Crippen molar-refractivity contribution in [3.63, 3.8) is 0 Å². The first-order valence-corrected chi connectivity index (χ1v) is 30.3. The number of methoxy groups -OCH3 is 3. The Hall–Kier alpha value is -8.92. The van der Waals surface area contributed by atoms with Crippen LogP contribution in [0.5, 0.6) is 28.7 Å². The van der Waals surface area contributed by atoms with Gasteiger partial charge in [-0.15, -0.1) is 0 Å². The summed E-state index contributed by atoms with van der Waals surface area (Å²) in [6, 6.07) is 65.4. The summed E-state index contributed by atoms with van der Waals surface area (Å²) in [6.45, 7) is 3.60. The maximum atomic E-state index is 14.8. The van der Waals surface area contributed by atoms with Crippen molar-refractivity contribution in [3.8, 4) is 28.7 Å². The summed E-state index contributed by atoms with van der Waals surface area (Å²) in [5.74, 6) is -0.817. The minimum absolute atomic E-state index is 0.00883. The lowest BCUT2D eigenvalue weighted by Gasteiger charge is -2.45. The van der Waals surface area contributed by atoms with Crippen LogP contribution in [0.1, 0.15) is 54.1 Å². The number of carbonyl (C=O) groups excluding carboxylic acids is 2. The Bertz CT molecular complexity index is 3500. The molecular weight excluding hydrogens is 1180 g/mol. The van der Waals surface area contributed by atoms with Crippen molar-refractivity contribution in [3.05, 3.63) is 269 Å². The zero-order chi connectivity index (χ0) is 63.9. The molecule has 2 aliphatic rings. The first kappa shape index (κ1) is 66.0. The third-order valence-electron chi connectivity index (χ3n) is 15.4. The molecular formula is C74H76O18. The molecule has 10 atom stereocenters. The molecule has 2 saturated heterocycles. The van der Waals surface area contributed by atoms with Gasteiger partial charge in [-0.3, -0.25) is 0 Å². The van der Waals surface area contributed by atoms with Crippen LogP contribution in [0.3, 0.4) is 0 Å². The summed E-state index contributed by atoms with van der Waals surface area (Å²) in [6.07, 6.45) is -8.85. The molecule has 0 unspecified atom stereocenters. The number of rotatable bonds is 32. The first-order valence-electron chi connectivity index (χ1n) is 30.3. The molecule has 0 aromatic heterocycles. The maximum Gasteiger partial charge on any atom is 0.338 e. The maximum absolute atomic E-state index is 14.8. The minimum Gasteiger partial charge on any atom is -0.493 e. The van der Waals surface area contributed by atoms with Gasteiger partial charge in [-0.05, 0) is 63.7 Å². The van der Waals surface area contributed by atoms with E-state index in [1.807, 2.05) is 182 Å². The van der Waals surface area contributed by atoms with E-state index in [2.05, 4.69) is 6.58 Å². The standard InChI is InChI=1S/C74H76O18/c1-5-38-81-71(76)56-36-37-58(59(39-56)78-2)89-73-69(86-47-54-32-20-10-21-33-54)68(85-46-53-30-18-9-19-31-53)66(83-44-51-26-14-7-15-27-51)63(91-73)49-88-72(77)57-40-60(79-3)64(61(41-57)80-4)92-74-70(87-48-55-34-22-11-23-35-55)67(84-45-52-28-16-8-17-29-52)65(62(42-75)90-74)82-43-50-24-12-6-13-25-50/h5-37,39-41,62-63,65-70,73-75H,1,38,42-49H2,2-4H3/t62-,63-,65-,66-,67-,68+,69-,70-,73-,74+/m1/s1. The largest absolute Gasteiger partial charge is 0.493 e. The van der Waals surface area contributed by atoms with Gasteiger partial charge in [-0.2, -0.15) is 0 Å². The van der Waals surface area contributed by atoms with E-state index in [0.29, 0.717) is 0 Å². The predicted molar refractivity (Wildman–Crippen MR) is 339 cm³/mol. The van der Waals surface area contributed by atoms with Gasteiger partial charge in [0, 0.05) is 0 Å². The molecule has 0 amide bonds. The van der Waals surface area contributed by atoms with E-state index in [1.54, 1.807) is 12.1 Å². The van der Waals surface area contributed by atoms with Crippen molar-refractivity contribution in [2.24, 2.45) is 0 Å². The summed E-state index contributed by atoms with van der Waals surface area (Å²) in [4.78, 5) is 27.8. The number of hydrogen-bond acceptors (Lipinski definition) is 18. The Balaban J connectivity index is 0.967. The molecule has 18 nitrogen and oxygen atoms in total.